The van der Waals surface area contributed by atoms with Crippen LogP contribution in [0.5, 0.6) is 0 Å². The van der Waals surface area contributed by atoms with E-state index in [2.05, 4.69) is 76.5 Å². The molecule has 0 unspecified atom stereocenters. The smallest absolute Gasteiger partial charge is 0.0446 e. The molecule has 0 saturated carbocycles. The average molecular weight is 365 g/mol. The van der Waals surface area contributed by atoms with Gasteiger partial charge in [-0.05, 0) is 36.9 Å². The maximum Gasteiger partial charge on any atom is 0.0446 e. The fourth-order valence-electron chi connectivity index (χ4n) is 3.87. The number of aliphatic hydroxyl groups is 1. The van der Waals surface area contributed by atoms with Crippen molar-refractivity contribution < 1.29 is 5.11 Å². The van der Waals surface area contributed by atoms with Crippen molar-refractivity contribution in [3.63, 3.8) is 0 Å². The largest absolute Gasteiger partial charge is 0.396 e. The SMILES string of the molecule is OCC[C@@H]1CN(C/C=C/c2ccccc2)CCN1CCCc1ccccc1. The number of aryl methyl sites for hydroxylation is 1. The van der Waals surface area contributed by atoms with Gasteiger partial charge in [-0.25, -0.2) is 0 Å². The number of hydrogen-bond donors (Lipinski definition) is 1. The molecule has 3 heteroatoms. The summed E-state index contributed by atoms with van der Waals surface area (Å²) in [6.45, 7) is 5.62. The van der Waals surface area contributed by atoms with E-state index in [-0.39, 0.29) is 6.61 Å². The normalized spacial score (nSPS) is 18.9. The number of benzene rings is 2. The molecule has 2 aromatic rings. The van der Waals surface area contributed by atoms with E-state index < -0.39 is 0 Å². The third kappa shape index (κ3) is 6.62. The molecule has 1 heterocycles. The van der Waals surface area contributed by atoms with Gasteiger partial charge in [0, 0.05) is 38.8 Å². The molecule has 1 fully saturated rings. The lowest BCUT2D eigenvalue weighted by Crippen LogP contribution is -2.53. The molecule has 144 valence electrons. The molecule has 1 atom stereocenters. The van der Waals surface area contributed by atoms with Crippen LogP contribution in [0, 0.1) is 0 Å². The standard InChI is InChI=1S/C24H32N2O/c27-20-15-24-21-25(16-7-13-22-9-3-1-4-10-22)18-19-26(24)17-8-14-23-11-5-2-6-12-23/h1-7,9-13,24,27H,8,14-21H2/b13-7+/t24-/m1/s1. The number of nitrogens with zero attached hydrogens (tertiary/aromatic N) is 2. The Morgan fingerprint density at radius 1 is 0.963 bits per heavy atom. The van der Waals surface area contributed by atoms with Crippen LogP contribution in [0.4, 0.5) is 0 Å². The lowest BCUT2D eigenvalue weighted by molar-refractivity contribution is 0.0646. The first-order chi connectivity index (χ1) is 13.3. The third-order valence-corrected chi connectivity index (χ3v) is 5.38. The highest BCUT2D eigenvalue weighted by molar-refractivity contribution is 5.48. The zero-order valence-corrected chi connectivity index (χ0v) is 16.2. The van der Waals surface area contributed by atoms with Crippen molar-refractivity contribution in [2.45, 2.75) is 25.3 Å². The number of piperazine rings is 1. The Morgan fingerprint density at radius 3 is 2.44 bits per heavy atom. The van der Waals surface area contributed by atoms with Crippen molar-refractivity contribution in [3.05, 3.63) is 77.9 Å². The highest BCUT2D eigenvalue weighted by Crippen LogP contribution is 2.15. The van der Waals surface area contributed by atoms with Crippen molar-refractivity contribution >= 4 is 6.08 Å². The van der Waals surface area contributed by atoms with E-state index in [1.54, 1.807) is 0 Å². The Bertz CT molecular complexity index is 671. The van der Waals surface area contributed by atoms with E-state index in [4.69, 9.17) is 0 Å². The van der Waals surface area contributed by atoms with Gasteiger partial charge in [0.1, 0.15) is 0 Å². The lowest BCUT2D eigenvalue weighted by Gasteiger charge is -2.41. The monoisotopic (exact) mass is 364 g/mol. The molecule has 1 aliphatic heterocycles. The van der Waals surface area contributed by atoms with Gasteiger partial charge in [-0.1, -0.05) is 72.8 Å². The Labute approximate surface area is 163 Å². The first-order valence-corrected chi connectivity index (χ1v) is 10.2. The molecule has 1 aliphatic rings. The second-order valence-corrected chi connectivity index (χ2v) is 7.36. The second-order valence-electron chi connectivity index (χ2n) is 7.36. The van der Waals surface area contributed by atoms with Crippen LogP contribution in [0.15, 0.2) is 66.7 Å². The summed E-state index contributed by atoms with van der Waals surface area (Å²) in [5.41, 5.74) is 2.67. The molecular weight excluding hydrogens is 332 g/mol. The maximum atomic E-state index is 9.49. The van der Waals surface area contributed by atoms with Crippen LogP contribution in [-0.2, 0) is 6.42 Å². The summed E-state index contributed by atoms with van der Waals surface area (Å²) in [5.74, 6) is 0. The van der Waals surface area contributed by atoms with Crippen molar-refractivity contribution in [2.75, 3.05) is 39.3 Å². The van der Waals surface area contributed by atoms with E-state index in [1.807, 2.05) is 6.07 Å². The molecule has 0 bridgehead atoms. The summed E-state index contributed by atoms with van der Waals surface area (Å²) >= 11 is 0. The third-order valence-electron chi connectivity index (χ3n) is 5.38. The molecule has 1 N–H and O–H groups in total. The van der Waals surface area contributed by atoms with Gasteiger partial charge in [0.05, 0.1) is 0 Å². The number of aliphatic hydroxyl groups excluding tert-OH is 1. The number of hydrogen-bond acceptors (Lipinski definition) is 3. The Morgan fingerprint density at radius 2 is 1.70 bits per heavy atom. The van der Waals surface area contributed by atoms with Crippen LogP contribution >= 0.6 is 0 Å². The molecule has 3 rings (SSSR count). The van der Waals surface area contributed by atoms with E-state index in [0.29, 0.717) is 6.04 Å². The van der Waals surface area contributed by atoms with Crippen LogP contribution < -0.4 is 0 Å². The zero-order chi connectivity index (χ0) is 18.7. The first-order valence-electron chi connectivity index (χ1n) is 10.2. The Hall–Kier alpha value is -1.94. The molecule has 0 aromatic heterocycles. The fraction of sp³-hybridized carbons (Fsp3) is 0.417. The molecule has 0 spiro atoms. The predicted molar refractivity (Wildman–Crippen MR) is 114 cm³/mol. The summed E-state index contributed by atoms with van der Waals surface area (Å²) in [6.07, 6.45) is 7.64. The molecule has 0 radical (unpaired) electrons. The van der Waals surface area contributed by atoms with E-state index in [1.165, 1.54) is 17.5 Å². The summed E-state index contributed by atoms with van der Waals surface area (Å²) < 4.78 is 0. The molecule has 3 nitrogen and oxygen atoms in total. The van der Waals surface area contributed by atoms with Crippen molar-refractivity contribution in [1.82, 2.24) is 9.80 Å². The van der Waals surface area contributed by atoms with Gasteiger partial charge < -0.3 is 5.11 Å². The quantitative estimate of drug-likeness (QED) is 0.735. The zero-order valence-electron chi connectivity index (χ0n) is 16.2. The number of rotatable bonds is 9. The molecule has 2 aromatic carbocycles. The molecule has 27 heavy (non-hydrogen) atoms. The van der Waals surface area contributed by atoms with E-state index in [0.717, 1.165) is 45.6 Å². The van der Waals surface area contributed by atoms with Crippen molar-refractivity contribution in [2.24, 2.45) is 0 Å². The van der Waals surface area contributed by atoms with Gasteiger partial charge in [0.2, 0.25) is 0 Å². The Kier molecular flexibility index (Phi) is 8.09. The molecule has 0 aliphatic carbocycles. The second kappa shape index (κ2) is 11.0. The van der Waals surface area contributed by atoms with Crippen LogP contribution in [0.2, 0.25) is 0 Å². The minimum atomic E-state index is 0.271. The van der Waals surface area contributed by atoms with Gasteiger partial charge in [0.25, 0.3) is 0 Å². The van der Waals surface area contributed by atoms with Crippen molar-refractivity contribution in [3.8, 4) is 0 Å². The van der Waals surface area contributed by atoms with E-state index >= 15 is 0 Å². The average Bonchev–Trinajstić information content (AvgIpc) is 2.71. The summed E-state index contributed by atoms with van der Waals surface area (Å²) in [6, 6.07) is 21.7. The van der Waals surface area contributed by atoms with E-state index in [9.17, 15) is 5.11 Å². The van der Waals surface area contributed by atoms with Crippen LogP contribution in [0.25, 0.3) is 6.08 Å². The molecular formula is C24H32N2O. The molecule has 1 saturated heterocycles. The first kappa shape index (κ1) is 19.8. The topological polar surface area (TPSA) is 26.7 Å². The van der Waals surface area contributed by atoms with Crippen LogP contribution in [-0.4, -0.2) is 60.3 Å². The van der Waals surface area contributed by atoms with Gasteiger partial charge in [-0.15, -0.1) is 0 Å². The van der Waals surface area contributed by atoms with Gasteiger partial charge in [-0.3, -0.25) is 9.80 Å². The molecule has 0 amide bonds. The van der Waals surface area contributed by atoms with Gasteiger partial charge in [0.15, 0.2) is 0 Å². The highest BCUT2D eigenvalue weighted by atomic mass is 16.3. The summed E-state index contributed by atoms with van der Waals surface area (Å²) in [4.78, 5) is 5.09. The summed E-state index contributed by atoms with van der Waals surface area (Å²) in [7, 11) is 0. The summed E-state index contributed by atoms with van der Waals surface area (Å²) in [5, 5.41) is 9.49. The van der Waals surface area contributed by atoms with Crippen LogP contribution in [0.1, 0.15) is 24.0 Å². The minimum Gasteiger partial charge on any atom is -0.396 e. The fourth-order valence-corrected chi connectivity index (χ4v) is 3.87. The lowest BCUT2D eigenvalue weighted by atomic mass is 10.1. The van der Waals surface area contributed by atoms with Gasteiger partial charge in [-0.2, -0.15) is 0 Å². The Balaban J connectivity index is 1.45. The van der Waals surface area contributed by atoms with Crippen LogP contribution in [0.3, 0.4) is 0 Å². The predicted octanol–water partition coefficient (Wildman–Crippen LogP) is 3.70. The minimum absolute atomic E-state index is 0.271. The van der Waals surface area contributed by atoms with Gasteiger partial charge >= 0.3 is 0 Å². The maximum absolute atomic E-state index is 9.49. The highest BCUT2D eigenvalue weighted by Gasteiger charge is 2.25. The van der Waals surface area contributed by atoms with Crippen molar-refractivity contribution in [1.29, 1.82) is 0 Å².